The molecule has 146 valence electrons. The second kappa shape index (κ2) is 7.26. The number of likely N-dealkylation sites (N-methyl/N-ethyl adjacent to an activating group) is 1. The number of nitrogens with one attached hydrogen (secondary N) is 2. The van der Waals surface area contributed by atoms with E-state index in [1.165, 1.54) is 7.05 Å². The molecule has 1 aliphatic heterocycles. The first-order valence-corrected chi connectivity index (χ1v) is 8.50. The summed E-state index contributed by atoms with van der Waals surface area (Å²) in [5.41, 5.74) is -0.0688. The summed E-state index contributed by atoms with van der Waals surface area (Å²) in [5, 5.41) is 4.63. The number of rotatable bonds is 3. The van der Waals surface area contributed by atoms with Gasteiger partial charge in [0.1, 0.15) is 23.7 Å². The molecule has 0 spiro atoms. The van der Waals surface area contributed by atoms with Gasteiger partial charge in [0, 0.05) is 38.5 Å². The molecule has 0 saturated heterocycles. The molecule has 2 N–H and O–H groups in total. The summed E-state index contributed by atoms with van der Waals surface area (Å²) < 4.78 is 44.5. The van der Waals surface area contributed by atoms with E-state index in [-0.39, 0.29) is 24.1 Å². The van der Waals surface area contributed by atoms with Crippen LogP contribution in [-0.4, -0.2) is 53.4 Å². The van der Waals surface area contributed by atoms with Crippen LogP contribution in [0.2, 0.25) is 0 Å². The Morgan fingerprint density at radius 1 is 1.41 bits per heavy atom. The molecule has 1 unspecified atom stereocenters. The largest absolute Gasteiger partial charge is 0.491 e. The summed E-state index contributed by atoms with van der Waals surface area (Å²) in [6.07, 6.45) is -2.10. The van der Waals surface area contributed by atoms with Crippen LogP contribution in [0.1, 0.15) is 12.0 Å². The predicted molar refractivity (Wildman–Crippen MR) is 93.2 cm³/mol. The Kier molecular flexibility index (Phi) is 5.18. The Morgan fingerprint density at radius 3 is 2.81 bits per heavy atom. The van der Waals surface area contributed by atoms with E-state index in [9.17, 15) is 18.0 Å². The van der Waals surface area contributed by atoms with Crippen LogP contribution in [0.25, 0.3) is 0 Å². The first-order chi connectivity index (χ1) is 12.7. The number of anilines is 2. The maximum atomic E-state index is 12.9. The summed E-state index contributed by atoms with van der Waals surface area (Å²) in [6.45, 7) is 0.779. The molecule has 2 heterocycles. The number of aromatic nitrogens is 2. The van der Waals surface area contributed by atoms with Gasteiger partial charge in [0.2, 0.25) is 5.95 Å². The van der Waals surface area contributed by atoms with Crippen molar-refractivity contribution in [3.8, 4) is 0 Å². The average Bonchev–Trinajstić information content (AvgIpc) is 2.74. The first-order valence-electron chi connectivity index (χ1n) is 8.06. The second-order valence-corrected chi connectivity index (χ2v) is 6.54. The number of alkyl halides is 4. The van der Waals surface area contributed by atoms with Crippen molar-refractivity contribution < 1.29 is 22.7 Å². The maximum Gasteiger partial charge on any atom is 0.421 e. The number of hydrogen-bond donors (Lipinski definition) is 2. The summed E-state index contributed by atoms with van der Waals surface area (Å²) in [5.74, 6) is -0.175. The number of nitrogens with zero attached hydrogens (tertiary/aromatic N) is 3. The van der Waals surface area contributed by atoms with Gasteiger partial charge in [-0.25, -0.2) is 4.98 Å². The standard InChI is InChI=1S/C16H17ClF3N5O2/c1-21-13-9(16(18,19)20)7-22-15(24-13)23-11-6-12-8(5-10(11)17)14(26)25(2)3-4-27-12/h6-7,10H,3-5H2,1-2H3,(H2,21,22,23,24). The monoisotopic (exact) mass is 403 g/mol. The van der Waals surface area contributed by atoms with E-state index < -0.39 is 17.1 Å². The Bertz CT molecular complexity index is 825. The van der Waals surface area contributed by atoms with Crippen LogP contribution in [0.5, 0.6) is 0 Å². The molecule has 0 aromatic carbocycles. The molecule has 27 heavy (non-hydrogen) atoms. The van der Waals surface area contributed by atoms with Crippen molar-refractivity contribution in [1.82, 2.24) is 14.9 Å². The minimum atomic E-state index is -4.57. The number of carbonyl (C=O) groups is 1. The zero-order valence-electron chi connectivity index (χ0n) is 14.5. The number of allylic oxidation sites excluding steroid dienone is 2. The number of hydrogen-bond acceptors (Lipinski definition) is 6. The molecule has 1 atom stereocenters. The third-order valence-corrected chi connectivity index (χ3v) is 4.57. The van der Waals surface area contributed by atoms with Gasteiger partial charge in [-0.15, -0.1) is 11.6 Å². The molecule has 0 fully saturated rings. The molecule has 0 saturated carbocycles. The van der Waals surface area contributed by atoms with Gasteiger partial charge in [-0.1, -0.05) is 0 Å². The molecule has 7 nitrogen and oxygen atoms in total. The fourth-order valence-electron chi connectivity index (χ4n) is 2.74. The quantitative estimate of drug-likeness (QED) is 0.755. The molecule has 2 aliphatic rings. The molecular weight excluding hydrogens is 387 g/mol. The molecule has 3 rings (SSSR count). The van der Waals surface area contributed by atoms with Crippen molar-refractivity contribution in [2.75, 3.05) is 37.9 Å². The van der Waals surface area contributed by atoms with Crippen LogP contribution in [0.4, 0.5) is 24.9 Å². The lowest BCUT2D eigenvalue weighted by atomic mass is 9.99. The molecule has 0 radical (unpaired) electrons. The van der Waals surface area contributed by atoms with Gasteiger partial charge in [-0.05, 0) is 0 Å². The lowest BCUT2D eigenvalue weighted by Gasteiger charge is -2.23. The molecular formula is C16H17ClF3N5O2. The third kappa shape index (κ3) is 3.95. The van der Waals surface area contributed by atoms with Gasteiger partial charge in [0.15, 0.2) is 0 Å². The van der Waals surface area contributed by atoms with Gasteiger partial charge < -0.3 is 20.3 Å². The summed E-state index contributed by atoms with van der Waals surface area (Å²) in [7, 11) is 3.02. The van der Waals surface area contributed by atoms with Gasteiger partial charge in [-0.3, -0.25) is 4.79 Å². The molecule has 1 aromatic heterocycles. The lowest BCUT2D eigenvalue weighted by Crippen LogP contribution is -2.31. The number of carbonyl (C=O) groups excluding carboxylic acids is 1. The highest BCUT2D eigenvalue weighted by Gasteiger charge is 2.35. The summed E-state index contributed by atoms with van der Waals surface area (Å²) >= 11 is 6.35. The molecule has 1 amide bonds. The van der Waals surface area contributed by atoms with Crippen molar-refractivity contribution in [3.05, 3.63) is 34.9 Å². The zero-order chi connectivity index (χ0) is 19.8. The fraction of sp³-hybridized carbons (Fsp3) is 0.438. The van der Waals surface area contributed by atoms with E-state index in [2.05, 4.69) is 20.6 Å². The van der Waals surface area contributed by atoms with Crippen LogP contribution < -0.4 is 10.6 Å². The van der Waals surface area contributed by atoms with Crippen molar-refractivity contribution in [2.24, 2.45) is 0 Å². The van der Waals surface area contributed by atoms with Crippen LogP contribution in [0.15, 0.2) is 29.3 Å². The maximum absolute atomic E-state index is 12.9. The number of amides is 1. The SMILES string of the molecule is CNc1nc(NC2=CC3=C(CC2Cl)C(=O)N(C)CCO3)ncc1C(F)(F)F. The van der Waals surface area contributed by atoms with Crippen LogP contribution in [-0.2, 0) is 15.7 Å². The highest BCUT2D eigenvalue weighted by molar-refractivity contribution is 6.23. The summed E-state index contributed by atoms with van der Waals surface area (Å²) in [4.78, 5) is 21.5. The molecule has 0 bridgehead atoms. The highest BCUT2D eigenvalue weighted by Crippen LogP contribution is 2.35. The van der Waals surface area contributed by atoms with E-state index in [0.717, 1.165) is 0 Å². The minimum absolute atomic E-state index is 0.0506. The van der Waals surface area contributed by atoms with Gasteiger partial charge in [0.05, 0.1) is 17.5 Å². The lowest BCUT2D eigenvalue weighted by molar-refractivity contribution is -0.137. The third-order valence-electron chi connectivity index (χ3n) is 4.18. The van der Waals surface area contributed by atoms with Gasteiger partial charge in [0.25, 0.3) is 5.91 Å². The average molecular weight is 404 g/mol. The van der Waals surface area contributed by atoms with E-state index >= 15 is 0 Å². The van der Waals surface area contributed by atoms with Gasteiger partial charge in [-0.2, -0.15) is 18.2 Å². The van der Waals surface area contributed by atoms with Crippen molar-refractivity contribution in [2.45, 2.75) is 18.0 Å². The van der Waals surface area contributed by atoms with Gasteiger partial charge >= 0.3 is 6.18 Å². The van der Waals surface area contributed by atoms with Crippen molar-refractivity contribution in [1.29, 1.82) is 0 Å². The molecule has 1 aromatic rings. The minimum Gasteiger partial charge on any atom is -0.491 e. The van der Waals surface area contributed by atoms with Crippen molar-refractivity contribution >= 4 is 29.3 Å². The smallest absolute Gasteiger partial charge is 0.421 e. The fourth-order valence-corrected chi connectivity index (χ4v) is 3.01. The summed E-state index contributed by atoms with van der Waals surface area (Å²) in [6, 6.07) is 0. The zero-order valence-corrected chi connectivity index (χ0v) is 15.3. The topological polar surface area (TPSA) is 79.4 Å². The molecule has 1 aliphatic carbocycles. The van der Waals surface area contributed by atoms with Crippen LogP contribution >= 0.6 is 11.6 Å². The second-order valence-electron chi connectivity index (χ2n) is 6.02. The van der Waals surface area contributed by atoms with Crippen LogP contribution in [0.3, 0.4) is 0 Å². The van der Waals surface area contributed by atoms with E-state index in [1.807, 2.05) is 0 Å². The van der Waals surface area contributed by atoms with Crippen LogP contribution in [0, 0.1) is 0 Å². The van der Waals surface area contributed by atoms with E-state index in [0.29, 0.717) is 36.4 Å². The Morgan fingerprint density at radius 2 is 2.15 bits per heavy atom. The van der Waals surface area contributed by atoms with E-state index in [4.69, 9.17) is 16.3 Å². The van der Waals surface area contributed by atoms with Crippen molar-refractivity contribution in [3.63, 3.8) is 0 Å². The normalized spacial score (nSPS) is 20.5. The Hall–Kier alpha value is -2.49. The highest BCUT2D eigenvalue weighted by atomic mass is 35.5. The number of ether oxygens (including phenoxy) is 1. The predicted octanol–water partition coefficient (Wildman–Crippen LogP) is 2.59. The Balaban J connectivity index is 1.89. The number of halogens is 4. The molecule has 11 heteroatoms. The Labute approximate surface area is 158 Å². The van der Waals surface area contributed by atoms with E-state index in [1.54, 1.807) is 18.0 Å². The first kappa shape index (κ1) is 19.3.